The zero-order valence-electron chi connectivity index (χ0n) is 11.7. The van der Waals surface area contributed by atoms with Crippen LogP contribution in [0, 0.1) is 0 Å². The second-order valence-electron chi connectivity index (χ2n) is 5.19. The molecule has 1 heterocycles. The third kappa shape index (κ3) is 4.64. The molecule has 106 valence electrons. The molecule has 1 fully saturated rings. The van der Waals surface area contributed by atoms with Crippen LogP contribution in [0.4, 0.5) is 0 Å². The third-order valence-electron chi connectivity index (χ3n) is 3.52. The molecule has 0 radical (unpaired) electrons. The van der Waals surface area contributed by atoms with Gasteiger partial charge in [0.15, 0.2) is 0 Å². The molecule has 0 aliphatic heterocycles. The molecule has 19 heavy (non-hydrogen) atoms. The molecule has 0 N–H and O–H groups in total. The summed E-state index contributed by atoms with van der Waals surface area (Å²) < 4.78 is 1.85. The number of thioether (sulfide) groups is 1. The lowest BCUT2D eigenvalue weighted by atomic mass is 10.0. The lowest BCUT2D eigenvalue weighted by molar-refractivity contribution is -0.116. The predicted octanol–water partition coefficient (Wildman–Crippen LogP) is 2.87. The number of ketones is 1. The van der Waals surface area contributed by atoms with Gasteiger partial charge in [0.1, 0.15) is 17.9 Å². The molecule has 5 heteroatoms. The van der Waals surface area contributed by atoms with Crippen molar-refractivity contribution in [2.24, 2.45) is 0 Å². The molecule has 0 spiro atoms. The third-order valence-corrected chi connectivity index (χ3v) is 4.95. The summed E-state index contributed by atoms with van der Waals surface area (Å²) in [6.07, 6.45) is 9.58. The van der Waals surface area contributed by atoms with E-state index in [9.17, 15) is 4.79 Å². The van der Waals surface area contributed by atoms with Gasteiger partial charge in [-0.15, -0.1) is 0 Å². The standard InChI is InChI=1S/C14H23N3OS/c1-2-8-17-14(15-11-16-17)9-12(18)10-19-13-6-4-3-5-7-13/h11,13H,2-10H2,1H3. The monoisotopic (exact) mass is 281 g/mol. The van der Waals surface area contributed by atoms with E-state index < -0.39 is 0 Å². The first kappa shape index (κ1) is 14.6. The van der Waals surface area contributed by atoms with E-state index in [1.807, 2.05) is 16.4 Å². The molecular formula is C14H23N3OS. The fraction of sp³-hybridized carbons (Fsp3) is 0.786. The van der Waals surface area contributed by atoms with Gasteiger partial charge in [0.05, 0.1) is 12.2 Å². The molecule has 0 atom stereocenters. The maximum absolute atomic E-state index is 12.0. The van der Waals surface area contributed by atoms with E-state index in [0.717, 1.165) is 18.8 Å². The van der Waals surface area contributed by atoms with Crippen molar-refractivity contribution in [2.75, 3.05) is 5.75 Å². The number of hydrogen-bond donors (Lipinski definition) is 0. The molecule has 1 aromatic heterocycles. The average molecular weight is 281 g/mol. The molecule has 1 aliphatic rings. The number of carbonyl (C=O) groups excluding carboxylic acids is 1. The van der Waals surface area contributed by atoms with Gasteiger partial charge in [-0.3, -0.25) is 4.79 Å². The van der Waals surface area contributed by atoms with Crippen molar-refractivity contribution < 1.29 is 4.79 Å². The summed E-state index contributed by atoms with van der Waals surface area (Å²) in [6.45, 7) is 2.95. The number of rotatable bonds is 7. The van der Waals surface area contributed by atoms with E-state index in [4.69, 9.17) is 0 Å². The van der Waals surface area contributed by atoms with Crippen molar-refractivity contribution >= 4 is 17.5 Å². The van der Waals surface area contributed by atoms with Gasteiger partial charge >= 0.3 is 0 Å². The fourth-order valence-electron chi connectivity index (χ4n) is 2.49. The summed E-state index contributed by atoms with van der Waals surface area (Å²) in [5, 5.41) is 4.86. The molecule has 0 bridgehead atoms. The van der Waals surface area contributed by atoms with Crippen LogP contribution in [0.25, 0.3) is 0 Å². The van der Waals surface area contributed by atoms with Crippen molar-refractivity contribution in [2.45, 2.75) is 63.7 Å². The highest BCUT2D eigenvalue weighted by molar-refractivity contribution is 8.00. The van der Waals surface area contributed by atoms with Gasteiger partial charge in [-0.1, -0.05) is 26.2 Å². The van der Waals surface area contributed by atoms with Gasteiger partial charge < -0.3 is 0 Å². The molecule has 0 unspecified atom stereocenters. The normalized spacial score (nSPS) is 16.7. The number of Topliss-reactive ketones (excluding diaryl/α,β-unsaturated/α-hetero) is 1. The Labute approximate surface area is 119 Å². The molecule has 0 aromatic carbocycles. The Morgan fingerprint density at radius 3 is 2.95 bits per heavy atom. The van der Waals surface area contributed by atoms with Gasteiger partial charge in [0.25, 0.3) is 0 Å². The molecule has 1 aliphatic carbocycles. The number of carbonyl (C=O) groups is 1. The summed E-state index contributed by atoms with van der Waals surface area (Å²) in [5.74, 6) is 1.72. The number of nitrogens with zero attached hydrogens (tertiary/aromatic N) is 3. The van der Waals surface area contributed by atoms with Crippen LogP contribution in [0.15, 0.2) is 6.33 Å². The maximum atomic E-state index is 12.0. The predicted molar refractivity (Wildman–Crippen MR) is 78.4 cm³/mol. The van der Waals surface area contributed by atoms with Crippen LogP contribution in [-0.4, -0.2) is 31.6 Å². The summed E-state index contributed by atoms with van der Waals surface area (Å²) in [4.78, 5) is 16.2. The van der Waals surface area contributed by atoms with Gasteiger partial charge in [-0.25, -0.2) is 9.67 Å². The highest BCUT2D eigenvalue weighted by Gasteiger charge is 2.16. The zero-order chi connectivity index (χ0) is 13.5. The van der Waals surface area contributed by atoms with E-state index in [-0.39, 0.29) is 5.78 Å². The molecule has 1 saturated carbocycles. The molecule has 1 aromatic rings. The van der Waals surface area contributed by atoms with Crippen molar-refractivity contribution in [3.63, 3.8) is 0 Å². The second kappa shape index (κ2) is 7.68. The van der Waals surface area contributed by atoms with E-state index in [0.29, 0.717) is 17.4 Å². The van der Waals surface area contributed by atoms with Gasteiger partial charge in [0.2, 0.25) is 0 Å². The van der Waals surface area contributed by atoms with Crippen molar-refractivity contribution in [3.8, 4) is 0 Å². The summed E-state index contributed by atoms with van der Waals surface area (Å²) in [7, 11) is 0. The van der Waals surface area contributed by atoms with Crippen LogP contribution in [0.5, 0.6) is 0 Å². The Morgan fingerprint density at radius 1 is 1.42 bits per heavy atom. The molecule has 2 rings (SSSR count). The summed E-state index contributed by atoms with van der Waals surface area (Å²) in [5.41, 5.74) is 0. The fourth-order valence-corrected chi connectivity index (χ4v) is 3.68. The zero-order valence-corrected chi connectivity index (χ0v) is 12.5. The van der Waals surface area contributed by atoms with Crippen LogP contribution in [0.1, 0.15) is 51.3 Å². The number of aryl methyl sites for hydroxylation is 1. The van der Waals surface area contributed by atoms with Crippen LogP contribution in [0.3, 0.4) is 0 Å². The minimum absolute atomic E-state index is 0.279. The van der Waals surface area contributed by atoms with Gasteiger partial charge in [0, 0.05) is 11.8 Å². The van der Waals surface area contributed by atoms with E-state index in [1.165, 1.54) is 32.1 Å². The second-order valence-corrected chi connectivity index (χ2v) is 6.47. The summed E-state index contributed by atoms with van der Waals surface area (Å²) >= 11 is 1.84. The maximum Gasteiger partial charge on any atom is 0.150 e. The van der Waals surface area contributed by atoms with E-state index in [2.05, 4.69) is 17.0 Å². The number of aromatic nitrogens is 3. The highest BCUT2D eigenvalue weighted by Crippen LogP contribution is 2.28. The first-order valence-electron chi connectivity index (χ1n) is 7.29. The number of hydrogen-bond acceptors (Lipinski definition) is 4. The lowest BCUT2D eigenvalue weighted by Gasteiger charge is -2.20. The quantitative estimate of drug-likeness (QED) is 0.771. The van der Waals surface area contributed by atoms with E-state index >= 15 is 0 Å². The van der Waals surface area contributed by atoms with Crippen molar-refractivity contribution in [1.82, 2.24) is 14.8 Å². The SMILES string of the molecule is CCCn1ncnc1CC(=O)CSC1CCCCC1. The molecule has 0 saturated heterocycles. The first-order valence-corrected chi connectivity index (χ1v) is 8.34. The molecular weight excluding hydrogens is 258 g/mol. The molecule has 0 amide bonds. The highest BCUT2D eigenvalue weighted by atomic mass is 32.2. The topological polar surface area (TPSA) is 47.8 Å². The largest absolute Gasteiger partial charge is 0.298 e. The lowest BCUT2D eigenvalue weighted by Crippen LogP contribution is -2.16. The van der Waals surface area contributed by atoms with E-state index in [1.54, 1.807) is 6.33 Å². The van der Waals surface area contributed by atoms with Crippen LogP contribution in [-0.2, 0) is 17.8 Å². The Bertz CT molecular complexity index is 399. The van der Waals surface area contributed by atoms with Gasteiger partial charge in [-0.05, 0) is 19.3 Å². The van der Waals surface area contributed by atoms with Crippen LogP contribution < -0.4 is 0 Å². The van der Waals surface area contributed by atoms with Gasteiger partial charge in [-0.2, -0.15) is 16.9 Å². The van der Waals surface area contributed by atoms with Crippen molar-refractivity contribution in [3.05, 3.63) is 12.2 Å². The Kier molecular flexibility index (Phi) is 5.89. The molecule has 4 nitrogen and oxygen atoms in total. The average Bonchev–Trinajstić information content (AvgIpc) is 2.85. The smallest absolute Gasteiger partial charge is 0.150 e. The Morgan fingerprint density at radius 2 is 2.21 bits per heavy atom. The minimum Gasteiger partial charge on any atom is -0.298 e. The van der Waals surface area contributed by atoms with Crippen LogP contribution >= 0.6 is 11.8 Å². The Hall–Kier alpha value is -0.840. The van der Waals surface area contributed by atoms with Crippen LogP contribution in [0.2, 0.25) is 0 Å². The van der Waals surface area contributed by atoms with Crippen molar-refractivity contribution in [1.29, 1.82) is 0 Å². The minimum atomic E-state index is 0.279. The summed E-state index contributed by atoms with van der Waals surface area (Å²) in [6, 6.07) is 0. The first-order chi connectivity index (χ1) is 9.29. The Balaban J connectivity index is 1.75.